The van der Waals surface area contributed by atoms with Crippen molar-refractivity contribution in [3.05, 3.63) is 0 Å². The molecule has 1 heteroatoms. The van der Waals surface area contributed by atoms with Crippen LogP contribution >= 0.6 is 0 Å². The van der Waals surface area contributed by atoms with Crippen LogP contribution in [0, 0.1) is 17.8 Å². The van der Waals surface area contributed by atoms with Gasteiger partial charge in [0.1, 0.15) is 7.85 Å². The molecular weight excluding hydrogens is 155 g/mol. The minimum Gasteiger partial charge on any atom is -0.0695 e. The van der Waals surface area contributed by atoms with Crippen LogP contribution in [0.1, 0.15) is 53.9 Å². The van der Waals surface area contributed by atoms with Gasteiger partial charge in [-0.2, -0.15) is 0 Å². The standard InChI is InChI=1S/C12H27B/c1-6-7-10(4)8-12(9(2)3)11(5)13/h9-12H,6-8,13H2,1-5H3. The fraction of sp³-hybridized carbons (Fsp3) is 1.00. The number of rotatable bonds is 6. The van der Waals surface area contributed by atoms with E-state index in [1.54, 1.807) is 0 Å². The van der Waals surface area contributed by atoms with Crippen LogP contribution in [0.5, 0.6) is 0 Å². The second-order valence-electron chi connectivity index (χ2n) is 5.28. The highest BCUT2D eigenvalue weighted by Crippen LogP contribution is 2.30. The fourth-order valence-electron chi connectivity index (χ4n) is 2.39. The molecule has 0 aliphatic carbocycles. The van der Waals surface area contributed by atoms with Crippen LogP contribution in [-0.4, -0.2) is 7.85 Å². The lowest BCUT2D eigenvalue weighted by Crippen LogP contribution is -2.17. The predicted octanol–water partition coefficient (Wildman–Crippen LogP) is 3.53. The number of hydrogen-bond acceptors (Lipinski definition) is 0. The van der Waals surface area contributed by atoms with Crippen molar-refractivity contribution in [2.75, 3.05) is 0 Å². The van der Waals surface area contributed by atoms with Gasteiger partial charge in [0.05, 0.1) is 0 Å². The Hall–Kier alpha value is 0.0649. The lowest BCUT2D eigenvalue weighted by molar-refractivity contribution is 0.290. The molecule has 0 nitrogen and oxygen atoms in total. The minimum atomic E-state index is 0.847. The highest BCUT2D eigenvalue weighted by Gasteiger charge is 2.19. The third kappa shape index (κ3) is 5.39. The highest BCUT2D eigenvalue weighted by atomic mass is 14.2. The Labute approximate surface area is 85.9 Å². The summed E-state index contributed by atoms with van der Waals surface area (Å²) >= 11 is 0. The van der Waals surface area contributed by atoms with Crippen molar-refractivity contribution in [1.29, 1.82) is 0 Å². The first-order chi connectivity index (χ1) is 5.99. The van der Waals surface area contributed by atoms with Gasteiger partial charge in [-0.05, 0) is 24.2 Å². The van der Waals surface area contributed by atoms with Gasteiger partial charge in [0.25, 0.3) is 0 Å². The third-order valence-electron chi connectivity index (χ3n) is 3.17. The van der Waals surface area contributed by atoms with E-state index in [0.717, 1.165) is 23.6 Å². The first-order valence-electron chi connectivity index (χ1n) is 5.99. The van der Waals surface area contributed by atoms with Gasteiger partial charge in [0.2, 0.25) is 0 Å². The Bertz CT molecular complexity index is 110. The summed E-state index contributed by atoms with van der Waals surface area (Å²) in [7, 11) is 2.36. The average Bonchev–Trinajstić information content (AvgIpc) is 1.99. The molecule has 0 aliphatic rings. The van der Waals surface area contributed by atoms with E-state index in [9.17, 15) is 0 Å². The van der Waals surface area contributed by atoms with Crippen molar-refractivity contribution in [1.82, 2.24) is 0 Å². The van der Waals surface area contributed by atoms with E-state index < -0.39 is 0 Å². The van der Waals surface area contributed by atoms with E-state index in [1.807, 2.05) is 0 Å². The first-order valence-corrected chi connectivity index (χ1v) is 5.99. The van der Waals surface area contributed by atoms with Gasteiger partial charge < -0.3 is 0 Å². The fourth-order valence-corrected chi connectivity index (χ4v) is 2.39. The van der Waals surface area contributed by atoms with Gasteiger partial charge in [-0.15, -0.1) is 0 Å². The van der Waals surface area contributed by atoms with Crippen LogP contribution in [0.4, 0.5) is 0 Å². The van der Waals surface area contributed by atoms with Crippen LogP contribution in [0.2, 0.25) is 5.82 Å². The molecule has 0 saturated heterocycles. The quantitative estimate of drug-likeness (QED) is 0.551. The van der Waals surface area contributed by atoms with Gasteiger partial charge in [-0.3, -0.25) is 0 Å². The summed E-state index contributed by atoms with van der Waals surface area (Å²) in [5.74, 6) is 3.53. The van der Waals surface area contributed by atoms with Gasteiger partial charge in [0.15, 0.2) is 0 Å². The number of hydrogen-bond donors (Lipinski definition) is 0. The van der Waals surface area contributed by atoms with Crippen LogP contribution in [0.3, 0.4) is 0 Å². The second kappa shape index (κ2) is 6.51. The topological polar surface area (TPSA) is 0 Å². The second-order valence-corrected chi connectivity index (χ2v) is 5.28. The predicted molar refractivity (Wildman–Crippen MR) is 65.0 cm³/mol. The molecule has 0 bridgehead atoms. The van der Waals surface area contributed by atoms with Crippen molar-refractivity contribution in [2.24, 2.45) is 17.8 Å². The van der Waals surface area contributed by atoms with Gasteiger partial charge >= 0.3 is 0 Å². The van der Waals surface area contributed by atoms with Crippen molar-refractivity contribution in [2.45, 2.75) is 59.7 Å². The summed E-state index contributed by atoms with van der Waals surface area (Å²) in [6.07, 6.45) is 4.16. The van der Waals surface area contributed by atoms with Crippen LogP contribution < -0.4 is 0 Å². The Kier molecular flexibility index (Phi) is 6.54. The molecule has 0 aliphatic heterocycles. The third-order valence-corrected chi connectivity index (χ3v) is 3.17. The van der Waals surface area contributed by atoms with Gasteiger partial charge in [0, 0.05) is 0 Å². The molecule has 3 atom stereocenters. The van der Waals surface area contributed by atoms with Crippen molar-refractivity contribution < 1.29 is 0 Å². The average molecular weight is 182 g/mol. The summed E-state index contributed by atoms with van der Waals surface area (Å²) in [6.45, 7) is 11.8. The summed E-state index contributed by atoms with van der Waals surface area (Å²) in [4.78, 5) is 0. The maximum absolute atomic E-state index is 2.40. The Morgan fingerprint density at radius 1 is 1.08 bits per heavy atom. The molecule has 0 N–H and O–H groups in total. The van der Waals surface area contributed by atoms with Crippen molar-refractivity contribution in [3.8, 4) is 0 Å². The maximum atomic E-state index is 2.40. The van der Waals surface area contributed by atoms with Crippen molar-refractivity contribution in [3.63, 3.8) is 0 Å². The van der Waals surface area contributed by atoms with Gasteiger partial charge in [-0.25, -0.2) is 0 Å². The largest absolute Gasteiger partial charge is 0.105 e. The normalized spacial score (nSPS) is 18.6. The van der Waals surface area contributed by atoms with E-state index in [4.69, 9.17) is 0 Å². The summed E-state index contributed by atoms with van der Waals surface area (Å²) in [5.41, 5.74) is 0. The SMILES string of the molecule is BC(C)C(CC(C)CCC)C(C)C. The molecule has 0 aromatic carbocycles. The van der Waals surface area contributed by atoms with Crippen molar-refractivity contribution >= 4 is 7.85 Å². The Morgan fingerprint density at radius 3 is 1.92 bits per heavy atom. The molecule has 78 valence electrons. The molecular formula is C12H27B. The lowest BCUT2D eigenvalue weighted by Gasteiger charge is -2.27. The van der Waals surface area contributed by atoms with E-state index in [0.29, 0.717) is 0 Å². The molecule has 0 spiro atoms. The molecule has 0 saturated carbocycles. The molecule has 0 heterocycles. The zero-order valence-electron chi connectivity index (χ0n) is 10.4. The molecule has 13 heavy (non-hydrogen) atoms. The van der Waals surface area contributed by atoms with E-state index in [2.05, 4.69) is 42.5 Å². The molecule has 0 radical (unpaired) electrons. The molecule has 0 aromatic rings. The first kappa shape index (κ1) is 13.1. The zero-order valence-corrected chi connectivity index (χ0v) is 10.4. The van der Waals surface area contributed by atoms with E-state index >= 15 is 0 Å². The van der Waals surface area contributed by atoms with Crippen LogP contribution in [-0.2, 0) is 0 Å². The summed E-state index contributed by atoms with van der Waals surface area (Å²) in [5, 5.41) is 0. The Morgan fingerprint density at radius 2 is 1.62 bits per heavy atom. The highest BCUT2D eigenvalue weighted by molar-refractivity contribution is 6.11. The van der Waals surface area contributed by atoms with Gasteiger partial charge in [-0.1, -0.05) is 53.3 Å². The molecule has 3 unspecified atom stereocenters. The maximum Gasteiger partial charge on any atom is 0.105 e. The molecule has 0 rings (SSSR count). The van der Waals surface area contributed by atoms with E-state index in [1.165, 1.54) is 19.3 Å². The Balaban J connectivity index is 3.94. The monoisotopic (exact) mass is 182 g/mol. The summed E-state index contributed by atoms with van der Waals surface area (Å²) in [6, 6.07) is 0. The summed E-state index contributed by atoms with van der Waals surface area (Å²) < 4.78 is 0. The molecule has 0 amide bonds. The lowest BCUT2D eigenvalue weighted by atomic mass is 9.69. The molecule has 0 aromatic heterocycles. The smallest absolute Gasteiger partial charge is 0.0695 e. The minimum absolute atomic E-state index is 0.847. The zero-order chi connectivity index (χ0) is 10.4. The van der Waals surface area contributed by atoms with Crippen LogP contribution in [0.25, 0.3) is 0 Å². The van der Waals surface area contributed by atoms with Crippen LogP contribution in [0.15, 0.2) is 0 Å². The molecule has 0 fully saturated rings. The van der Waals surface area contributed by atoms with E-state index in [-0.39, 0.29) is 0 Å².